The summed E-state index contributed by atoms with van der Waals surface area (Å²) in [6, 6.07) is 6.48. The van der Waals surface area contributed by atoms with E-state index in [2.05, 4.69) is 0 Å². The van der Waals surface area contributed by atoms with E-state index in [1.807, 2.05) is 6.26 Å². The fourth-order valence-electron chi connectivity index (χ4n) is 3.23. The van der Waals surface area contributed by atoms with Gasteiger partial charge in [0.05, 0.1) is 17.8 Å². The predicted molar refractivity (Wildman–Crippen MR) is 93.4 cm³/mol. The van der Waals surface area contributed by atoms with Gasteiger partial charge >= 0.3 is 5.97 Å². The largest absolute Gasteiger partial charge is 0.466 e. The quantitative estimate of drug-likeness (QED) is 0.738. The Morgan fingerprint density at radius 1 is 1.38 bits per heavy atom. The molecule has 0 N–H and O–H groups in total. The molecule has 1 amide bonds. The fraction of sp³-hybridized carbons (Fsp3) is 0.556. The van der Waals surface area contributed by atoms with Crippen LogP contribution in [0.25, 0.3) is 0 Å². The number of carbonyl (C=O) groups excluding carboxylic acids is 2. The Labute approximate surface area is 146 Å². The van der Waals surface area contributed by atoms with Gasteiger partial charge in [0.25, 0.3) is 0 Å². The number of hydrogen-bond acceptors (Lipinski definition) is 4. The highest BCUT2D eigenvalue weighted by Gasteiger charge is 2.45. The normalized spacial score (nSPS) is 20.7. The summed E-state index contributed by atoms with van der Waals surface area (Å²) in [7, 11) is 0. The Bertz CT molecular complexity index is 595. The number of benzene rings is 1. The summed E-state index contributed by atoms with van der Waals surface area (Å²) in [4.78, 5) is 26.7. The number of hydrogen-bond donors (Lipinski definition) is 0. The van der Waals surface area contributed by atoms with Gasteiger partial charge in [0, 0.05) is 13.1 Å². The van der Waals surface area contributed by atoms with Crippen LogP contribution >= 0.6 is 11.8 Å². The minimum atomic E-state index is -0.871. The summed E-state index contributed by atoms with van der Waals surface area (Å²) < 4.78 is 19.4. The second-order valence-corrected chi connectivity index (χ2v) is 6.99. The number of rotatable bonds is 6. The third-order valence-corrected chi connectivity index (χ3v) is 4.93. The van der Waals surface area contributed by atoms with Crippen molar-refractivity contribution in [3.63, 3.8) is 0 Å². The molecule has 0 aliphatic carbocycles. The molecule has 0 radical (unpaired) electrons. The lowest BCUT2D eigenvalue weighted by Crippen LogP contribution is -2.52. The molecule has 6 heteroatoms. The van der Waals surface area contributed by atoms with Crippen LogP contribution in [-0.4, -0.2) is 48.5 Å². The SMILES string of the molecule is CCOC(=O)C1(Cc2ccccc2F)CCCN(C(=O)CSC)C1. The number of carbonyl (C=O) groups is 2. The standard InChI is InChI=1S/C18H24FNO3S/c1-3-23-17(22)18(11-14-7-4-5-8-15(14)19)9-6-10-20(13-18)16(21)12-24-2/h4-5,7-8H,3,6,9-13H2,1-2H3. The molecule has 0 bridgehead atoms. The highest BCUT2D eigenvalue weighted by molar-refractivity contribution is 7.99. The van der Waals surface area contributed by atoms with Crippen LogP contribution in [0, 0.1) is 11.2 Å². The van der Waals surface area contributed by atoms with Crippen molar-refractivity contribution in [1.29, 1.82) is 0 Å². The molecule has 2 rings (SSSR count). The number of thioether (sulfide) groups is 1. The summed E-state index contributed by atoms with van der Waals surface area (Å²) in [5, 5.41) is 0. The molecule has 0 aromatic heterocycles. The van der Waals surface area contributed by atoms with Gasteiger partial charge in [-0.25, -0.2) is 4.39 Å². The Balaban J connectivity index is 2.28. The molecule has 1 heterocycles. The summed E-state index contributed by atoms with van der Waals surface area (Å²) in [6.07, 6.45) is 3.44. The van der Waals surface area contributed by atoms with Crippen molar-refractivity contribution in [2.24, 2.45) is 5.41 Å². The van der Waals surface area contributed by atoms with Gasteiger partial charge in [-0.05, 0) is 44.1 Å². The molecular formula is C18H24FNO3S. The maximum absolute atomic E-state index is 14.1. The van der Waals surface area contributed by atoms with E-state index in [1.165, 1.54) is 17.8 Å². The number of nitrogens with zero attached hydrogens (tertiary/aromatic N) is 1. The van der Waals surface area contributed by atoms with Crippen LogP contribution in [0.15, 0.2) is 24.3 Å². The molecule has 0 saturated carbocycles. The van der Waals surface area contributed by atoms with Gasteiger partial charge in [-0.1, -0.05) is 18.2 Å². The van der Waals surface area contributed by atoms with Crippen LogP contribution in [0.5, 0.6) is 0 Å². The molecule has 1 saturated heterocycles. The topological polar surface area (TPSA) is 46.6 Å². The Morgan fingerprint density at radius 2 is 2.12 bits per heavy atom. The van der Waals surface area contributed by atoms with Crippen molar-refractivity contribution >= 4 is 23.6 Å². The van der Waals surface area contributed by atoms with E-state index < -0.39 is 5.41 Å². The smallest absolute Gasteiger partial charge is 0.314 e. The molecule has 1 unspecified atom stereocenters. The number of piperidine rings is 1. The first-order valence-corrected chi connectivity index (χ1v) is 9.59. The lowest BCUT2D eigenvalue weighted by Gasteiger charge is -2.41. The minimum absolute atomic E-state index is 0.0180. The average Bonchev–Trinajstić information content (AvgIpc) is 2.57. The monoisotopic (exact) mass is 353 g/mol. The first-order chi connectivity index (χ1) is 11.5. The third kappa shape index (κ3) is 4.29. The zero-order valence-electron chi connectivity index (χ0n) is 14.2. The van der Waals surface area contributed by atoms with Crippen molar-refractivity contribution in [2.75, 3.05) is 31.7 Å². The first-order valence-electron chi connectivity index (χ1n) is 8.20. The molecule has 1 aliphatic rings. The minimum Gasteiger partial charge on any atom is -0.466 e. The first kappa shape index (κ1) is 18.8. The fourth-order valence-corrected chi connectivity index (χ4v) is 3.66. The molecule has 132 valence electrons. The van der Waals surface area contributed by atoms with Crippen LogP contribution in [-0.2, 0) is 20.7 Å². The lowest BCUT2D eigenvalue weighted by molar-refractivity contribution is -0.160. The van der Waals surface area contributed by atoms with E-state index in [4.69, 9.17) is 4.74 Å². The number of amides is 1. The van der Waals surface area contributed by atoms with Gasteiger partial charge in [-0.2, -0.15) is 11.8 Å². The predicted octanol–water partition coefficient (Wildman–Crippen LogP) is 2.90. The van der Waals surface area contributed by atoms with Crippen LogP contribution in [0.3, 0.4) is 0 Å². The van der Waals surface area contributed by atoms with Crippen molar-refractivity contribution in [3.05, 3.63) is 35.6 Å². The van der Waals surface area contributed by atoms with Gasteiger partial charge in [-0.3, -0.25) is 9.59 Å². The molecule has 1 aromatic rings. The number of esters is 1. The summed E-state index contributed by atoms with van der Waals surface area (Å²) in [5.74, 6) is -0.258. The van der Waals surface area contributed by atoms with Gasteiger partial charge in [0.1, 0.15) is 5.82 Å². The molecule has 1 aromatic carbocycles. The zero-order chi connectivity index (χ0) is 17.6. The lowest BCUT2D eigenvalue weighted by atomic mass is 9.75. The maximum Gasteiger partial charge on any atom is 0.314 e. The van der Waals surface area contributed by atoms with Crippen LogP contribution < -0.4 is 0 Å². The van der Waals surface area contributed by atoms with Gasteiger partial charge < -0.3 is 9.64 Å². The van der Waals surface area contributed by atoms with E-state index in [1.54, 1.807) is 30.0 Å². The highest BCUT2D eigenvalue weighted by Crippen LogP contribution is 2.36. The van der Waals surface area contributed by atoms with Gasteiger partial charge in [-0.15, -0.1) is 0 Å². The maximum atomic E-state index is 14.1. The average molecular weight is 353 g/mol. The van der Waals surface area contributed by atoms with Crippen LogP contribution in [0.1, 0.15) is 25.3 Å². The zero-order valence-corrected chi connectivity index (χ0v) is 15.0. The molecule has 4 nitrogen and oxygen atoms in total. The Kier molecular flexibility index (Phi) is 6.66. The molecule has 1 atom stereocenters. The van der Waals surface area contributed by atoms with E-state index >= 15 is 0 Å². The van der Waals surface area contributed by atoms with Gasteiger partial charge in [0.2, 0.25) is 5.91 Å². The number of halogens is 1. The summed E-state index contributed by atoms with van der Waals surface area (Å²) in [6.45, 7) is 2.96. The third-order valence-electron chi connectivity index (χ3n) is 4.39. The van der Waals surface area contributed by atoms with Crippen molar-refractivity contribution in [3.8, 4) is 0 Å². The molecule has 1 aliphatic heterocycles. The molecule has 1 fully saturated rings. The van der Waals surface area contributed by atoms with E-state index in [0.29, 0.717) is 37.2 Å². The molecule has 0 spiro atoms. The van der Waals surface area contributed by atoms with Crippen LogP contribution in [0.4, 0.5) is 4.39 Å². The highest BCUT2D eigenvalue weighted by atomic mass is 32.2. The van der Waals surface area contributed by atoms with Gasteiger partial charge in [0.15, 0.2) is 0 Å². The van der Waals surface area contributed by atoms with Crippen molar-refractivity contribution in [1.82, 2.24) is 4.90 Å². The molecule has 24 heavy (non-hydrogen) atoms. The summed E-state index contributed by atoms with van der Waals surface area (Å²) >= 11 is 1.46. The van der Waals surface area contributed by atoms with Crippen molar-refractivity contribution < 1.29 is 18.7 Å². The second-order valence-electron chi connectivity index (χ2n) is 6.12. The van der Waals surface area contributed by atoms with E-state index in [0.717, 1.165) is 0 Å². The number of likely N-dealkylation sites (tertiary alicyclic amines) is 1. The Hall–Kier alpha value is -1.56. The van der Waals surface area contributed by atoms with E-state index in [-0.39, 0.29) is 30.7 Å². The number of ether oxygens (including phenoxy) is 1. The van der Waals surface area contributed by atoms with Crippen LogP contribution in [0.2, 0.25) is 0 Å². The van der Waals surface area contributed by atoms with E-state index in [9.17, 15) is 14.0 Å². The molecular weight excluding hydrogens is 329 g/mol. The summed E-state index contributed by atoms with van der Waals surface area (Å²) in [5.41, 5.74) is -0.380. The van der Waals surface area contributed by atoms with Crippen molar-refractivity contribution in [2.45, 2.75) is 26.2 Å². The Morgan fingerprint density at radius 3 is 2.79 bits per heavy atom. The second kappa shape index (κ2) is 8.51.